The summed E-state index contributed by atoms with van der Waals surface area (Å²) in [5.74, 6) is -0.879. The highest BCUT2D eigenvalue weighted by atomic mass is 31.2. The Hall–Kier alpha value is -2.76. The molecular formula is C22H25O6P. The van der Waals surface area contributed by atoms with E-state index in [2.05, 4.69) is 0 Å². The van der Waals surface area contributed by atoms with Crippen LogP contribution in [0.25, 0.3) is 0 Å². The highest BCUT2D eigenvalue weighted by molar-refractivity contribution is 7.73. The summed E-state index contributed by atoms with van der Waals surface area (Å²) in [6, 6.07) is 25.7. The van der Waals surface area contributed by atoms with Gasteiger partial charge in [-0.2, -0.15) is 0 Å². The SMILES string of the molecule is CC(O)CO.O=C(O)c1ccccc1.O=P(O)(c1ccccc1)c1ccccc1. The topological polar surface area (TPSA) is 115 Å². The van der Waals surface area contributed by atoms with Crippen LogP contribution in [0.2, 0.25) is 0 Å². The fourth-order valence-electron chi connectivity index (χ4n) is 1.99. The smallest absolute Gasteiger partial charge is 0.335 e. The number of carboxylic acids is 1. The lowest BCUT2D eigenvalue weighted by molar-refractivity contribution is 0.0697. The zero-order valence-electron chi connectivity index (χ0n) is 16.0. The average Bonchev–Trinajstić information content (AvgIpc) is 2.76. The third-order valence-corrected chi connectivity index (χ3v) is 5.49. The minimum atomic E-state index is -3.40. The van der Waals surface area contributed by atoms with E-state index in [1.807, 2.05) is 12.1 Å². The summed E-state index contributed by atoms with van der Waals surface area (Å²) in [6.07, 6.45) is -0.560. The summed E-state index contributed by atoms with van der Waals surface area (Å²) in [4.78, 5) is 20.2. The molecule has 7 heteroatoms. The fraction of sp³-hybridized carbons (Fsp3) is 0.136. The predicted octanol–water partition coefficient (Wildman–Crippen LogP) is 2.65. The highest BCUT2D eigenvalue weighted by Gasteiger charge is 2.22. The summed E-state index contributed by atoms with van der Waals surface area (Å²) >= 11 is 0. The molecule has 3 aromatic rings. The van der Waals surface area contributed by atoms with Crippen LogP contribution in [-0.4, -0.2) is 38.9 Å². The van der Waals surface area contributed by atoms with Crippen molar-refractivity contribution in [1.82, 2.24) is 0 Å². The Morgan fingerprint density at radius 2 is 1.14 bits per heavy atom. The number of aliphatic hydroxyl groups is 2. The molecule has 0 fully saturated rings. The summed E-state index contributed by atoms with van der Waals surface area (Å²) < 4.78 is 12.2. The van der Waals surface area contributed by atoms with E-state index in [0.717, 1.165) is 0 Å². The number of carbonyl (C=O) groups is 1. The maximum absolute atomic E-state index is 12.2. The number of carboxylic acid groups (broad SMARTS) is 1. The fourth-order valence-corrected chi connectivity index (χ4v) is 3.44. The second-order valence-electron chi connectivity index (χ2n) is 5.95. The summed E-state index contributed by atoms with van der Waals surface area (Å²) in [7, 11) is -3.40. The zero-order valence-corrected chi connectivity index (χ0v) is 16.9. The van der Waals surface area contributed by atoms with Gasteiger partial charge in [0, 0.05) is 10.6 Å². The molecule has 0 aliphatic heterocycles. The molecule has 0 aromatic heterocycles. The Morgan fingerprint density at radius 3 is 1.38 bits per heavy atom. The van der Waals surface area contributed by atoms with Gasteiger partial charge in [-0.15, -0.1) is 0 Å². The van der Waals surface area contributed by atoms with E-state index in [-0.39, 0.29) is 6.61 Å². The first kappa shape index (κ1) is 24.3. The van der Waals surface area contributed by atoms with Crippen molar-refractivity contribution in [3.05, 3.63) is 96.6 Å². The maximum atomic E-state index is 12.2. The Balaban J connectivity index is 0.000000255. The van der Waals surface area contributed by atoms with Gasteiger partial charge in [-0.3, -0.25) is 4.57 Å². The molecule has 6 nitrogen and oxygen atoms in total. The number of aromatic carboxylic acids is 1. The van der Waals surface area contributed by atoms with Gasteiger partial charge < -0.3 is 20.2 Å². The number of hydrogen-bond donors (Lipinski definition) is 4. The molecule has 1 unspecified atom stereocenters. The van der Waals surface area contributed by atoms with Gasteiger partial charge in [0.1, 0.15) is 0 Å². The van der Waals surface area contributed by atoms with Crippen LogP contribution in [0.4, 0.5) is 0 Å². The van der Waals surface area contributed by atoms with E-state index >= 15 is 0 Å². The lowest BCUT2D eigenvalue weighted by Gasteiger charge is -2.11. The van der Waals surface area contributed by atoms with E-state index in [4.69, 9.17) is 15.3 Å². The molecule has 0 heterocycles. The molecule has 0 amide bonds. The Labute approximate surface area is 170 Å². The normalized spacial score (nSPS) is 11.2. The van der Waals surface area contributed by atoms with Gasteiger partial charge in [-0.1, -0.05) is 54.6 Å². The molecule has 0 bridgehead atoms. The molecular weight excluding hydrogens is 391 g/mol. The quantitative estimate of drug-likeness (QED) is 0.486. The third-order valence-electron chi connectivity index (χ3n) is 3.50. The van der Waals surface area contributed by atoms with Gasteiger partial charge in [0.2, 0.25) is 0 Å². The van der Waals surface area contributed by atoms with Crippen LogP contribution in [0.5, 0.6) is 0 Å². The second-order valence-corrected chi connectivity index (χ2v) is 8.13. The lowest BCUT2D eigenvalue weighted by Crippen LogP contribution is -2.14. The van der Waals surface area contributed by atoms with Crippen molar-refractivity contribution >= 4 is 23.9 Å². The number of hydrogen-bond acceptors (Lipinski definition) is 4. The van der Waals surface area contributed by atoms with E-state index < -0.39 is 19.4 Å². The van der Waals surface area contributed by atoms with Gasteiger partial charge in [0.05, 0.1) is 18.3 Å². The van der Waals surface area contributed by atoms with Crippen molar-refractivity contribution in [1.29, 1.82) is 0 Å². The largest absolute Gasteiger partial charge is 0.478 e. The van der Waals surface area contributed by atoms with Crippen LogP contribution in [0, 0.1) is 0 Å². The molecule has 0 spiro atoms. The Bertz CT molecular complexity index is 839. The Kier molecular flexibility index (Phi) is 10.6. The van der Waals surface area contributed by atoms with Gasteiger partial charge >= 0.3 is 5.97 Å². The molecule has 3 rings (SSSR count). The van der Waals surface area contributed by atoms with Gasteiger partial charge in [-0.05, 0) is 43.3 Å². The third kappa shape index (κ3) is 8.85. The molecule has 0 saturated carbocycles. The van der Waals surface area contributed by atoms with Crippen molar-refractivity contribution < 1.29 is 29.6 Å². The van der Waals surface area contributed by atoms with Gasteiger partial charge in [-0.25, -0.2) is 4.79 Å². The molecule has 0 aliphatic rings. The minimum absolute atomic E-state index is 0.139. The van der Waals surface area contributed by atoms with Crippen LogP contribution in [0.3, 0.4) is 0 Å². The van der Waals surface area contributed by atoms with E-state index in [1.54, 1.807) is 78.9 Å². The van der Waals surface area contributed by atoms with Crippen molar-refractivity contribution in [3.63, 3.8) is 0 Å². The van der Waals surface area contributed by atoms with E-state index in [0.29, 0.717) is 16.2 Å². The zero-order chi connectivity index (χ0) is 21.7. The van der Waals surface area contributed by atoms with Crippen molar-refractivity contribution in [2.75, 3.05) is 6.61 Å². The average molecular weight is 416 g/mol. The van der Waals surface area contributed by atoms with E-state index in [1.165, 1.54) is 6.92 Å². The summed E-state index contributed by atoms with van der Waals surface area (Å²) in [6.45, 7) is 1.39. The summed E-state index contributed by atoms with van der Waals surface area (Å²) in [5.41, 5.74) is 0.331. The van der Waals surface area contributed by atoms with Gasteiger partial charge in [0.15, 0.2) is 0 Å². The molecule has 154 valence electrons. The van der Waals surface area contributed by atoms with Crippen molar-refractivity contribution in [2.24, 2.45) is 0 Å². The van der Waals surface area contributed by atoms with Crippen molar-refractivity contribution in [3.8, 4) is 0 Å². The monoisotopic (exact) mass is 416 g/mol. The van der Waals surface area contributed by atoms with Gasteiger partial charge in [0.25, 0.3) is 7.37 Å². The van der Waals surface area contributed by atoms with Crippen molar-refractivity contribution in [2.45, 2.75) is 13.0 Å². The molecule has 1 atom stereocenters. The van der Waals surface area contributed by atoms with Crippen LogP contribution in [-0.2, 0) is 4.57 Å². The highest BCUT2D eigenvalue weighted by Crippen LogP contribution is 2.37. The number of aliphatic hydroxyl groups excluding tert-OH is 2. The van der Waals surface area contributed by atoms with Crippen LogP contribution in [0.1, 0.15) is 17.3 Å². The van der Waals surface area contributed by atoms with Crippen LogP contribution >= 0.6 is 7.37 Å². The molecule has 0 radical (unpaired) electrons. The van der Waals surface area contributed by atoms with Crippen LogP contribution < -0.4 is 10.6 Å². The molecule has 0 saturated heterocycles. The van der Waals surface area contributed by atoms with E-state index in [9.17, 15) is 14.3 Å². The first-order valence-corrected chi connectivity index (χ1v) is 10.5. The van der Waals surface area contributed by atoms with Crippen LogP contribution in [0.15, 0.2) is 91.0 Å². The molecule has 4 N–H and O–H groups in total. The second kappa shape index (κ2) is 12.6. The molecule has 0 aliphatic carbocycles. The first-order valence-electron chi connectivity index (χ1n) is 8.80. The summed E-state index contributed by atoms with van der Waals surface area (Å²) in [5, 5.41) is 25.3. The molecule has 3 aromatic carbocycles. The lowest BCUT2D eigenvalue weighted by atomic mass is 10.2. The number of benzene rings is 3. The Morgan fingerprint density at radius 1 is 0.828 bits per heavy atom. The standard InChI is InChI=1S/C12H11O2P.C7H6O2.C3H8O2/c13-15(14,11-7-3-1-4-8-11)12-9-5-2-6-10-12;8-7(9)6-4-2-1-3-5-6;1-3(5)2-4/h1-10H,(H,13,14);1-5H,(H,8,9);3-5H,2H2,1H3. The predicted molar refractivity (Wildman–Crippen MR) is 114 cm³/mol. The maximum Gasteiger partial charge on any atom is 0.335 e. The number of rotatable bonds is 4. The minimum Gasteiger partial charge on any atom is -0.478 e. The first-order chi connectivity index (χ1) is 13.8. The molecule has 29 heavy (non-hydrogen) atoms.